The number of piperidine rings is 1. The minimum Gasteiger partial charge on any atom is -0.353 e. The number of hydrogen-bond donors (Lipinski definition) is 1. The van der Waals surface area contributed by atoms with Gasteiger partial charge in [-0.15, -0.1) is 0 Å². The maximum absolute atomic E-state index is 11.5. The van der Waals surface area contributed by atoms with E-state index in [1.54, 1.807) is 0 Å². The van der Waals surface area contributed by atoms with E-state index in [1.165, 1.54) is 12.0 Å². The summed E-state index contributed by atoms with van der Waals surface area (Å²) in [6.45, 7) is 0. The molecule has 3 atom stereocenters. The van der Waals surface area contributed by atoms with Crippen LogP contribution >= 0.6 is 11.6 Å². The smallest absolute Gasteiger partial charge is 0.224 e. The molecule has 3 unspecified atom stereocenters. The molecule has 15 heavy (non-hydrogen) atoms. The quantitative estimate of drug-likeness (QED) is 0.814. The van der Waals surface area contributed by atoms with Gasteiger partial charge in [0, 0.05) is 17.0 Å². The monoisotopic (exact) mass is 221 g/mol. The lowest BCUT2D eigenvalue weighted by molar-refractivity contribution is -0.123. The molecule has 1 aromatic rings. The van der Waals surface area contributed by atoms with Crippen LogP contribution in [0.1, 0.15) is 12.0 Å². The molecular weight excluding hydrogens is 210 g/mol. The second kappa shape index (κ2) is 3.24. The summed E-state index contributed by atoms with van der Waals surface area (Å²) >= 11 is 5.81. The van der Waals surface area contributed by atoms with E-state index in [4.69, 9.17) is 11.6 Å². The summed E-state index contributed by atoms with van der Waals surface area (Å²) in [5.41, 5.74) is 1.20. The summed E-state index contributed by atoms with van der Waals surface area (Å²) in [6, 6.07) is 8.26. The van der Waals surface area contributed by atoms with E-state index in [0.717, 1.165) is 11.4 Å². The van der Waals surface area contributed by atoms with E-state index in [1.807, 2.05) is 24.3 Å². The molecule has 2 aliphatic rings. The lowest BCUT2D eigenvalue weighted by Gasteiger charge is -2.09. The molecule has 2 nitrogen and oxygen atoms in total. The Hall–Kier alpha value is -1.02. The molecule has 1 aromatic carbocycles. The van der Waals surface area contributed by atoms with Crippen molar-refractivity contribution in [2.24, 2.45) is 11.8 Å². The van der Waals surface area contributed by atoms with Crippen LogP contribution in [0.15, 0.2) is 24.3 Å². The van der Waals surface area contributed by atoms with Crippen LogP contribution in [0, 0.1) is 11.8 Å². The van der Waals surface area contributed by atoms with Crippen molar-refractivity contribution in [3.05, 3.63) is 34.9 Å². The first-order valence-corrected chi connectivity index (χ1v) is 5.66. The van der Waals surface area contributed by atoms with Gasteiger partial charge in [0.2, 0.25) is 5.91 Å². The summed E-state index contributed by atoms with van der Waals surface area (Å²) in [6.07, 6.45) is 2.02. The summed E-state index contributed by atoms with van der Waals surface area (Å²) in [5.74, 6) is 1.01. The molecule has 1 aliphatic carbocycles. The Kier molecular flexibility index (Phi) is 1.99. The molecule has 1 N–H and O–H groups in total. The molecule has 2 fully saturated rings. The van der Waals surface area contributed by atoms with Crippen LogP contribution in [0.2, 0.25) is 5.02 Å². The topological polar surface area (TPSA) is 29.1 Å². The van der Waals surface area contributed by atoms with E-state index in [0.29, 0.717) is 12.0 Å². The predicted octanol–water partition coefficient (Wildman–Crippen LogP) is 2.02. The van der Waals surface area contributed by atoms with Gasteiger partial charge in [0.25, 0.3) is 0 Å². The van der Waals surface area contributed by atoms with Crippen LogP contribution in [0.3, 0.4) is 0 Å². The Morgan fingerprint density at radius 1 is 1.33 bits per heavy atom. The van der Waals surface area contributed by atoms with Crippen LogP contribution < -0.4 is 5.32 Å². The number of halogens is 1. The SMILES string of the molecule is O=C1NC2CC2C1Cc1ccc(Cl)cc1. The van der Waals surface area contributed by atoms with Gasteiger partial charge < -0.3 is 5.32 Å². The zero-order valence-corrected chi connectivity index (χ0v) is 9.00. The third-order valence-corrected chi connectivity index (χ3v) is 3.64. The zero-order valence-electron chi connectivity index (χ0n) is 8.24. The second-order valence-electron chi connectivity index (χ2n) is 4.45. The largest absolute Gasteiger partial charge is 0.353 e. The minimum atomic E-state index is 0.191. The van der Waals surface area contributed by atoms with Gasteiger partial charge in [-0.2, -0.15) is 0 Å². The number of carbonyl (C=O) groups is 1. The molecule has 1 aliphatic heterocycles. The van der Waals surface area contributed by atoms with Crippen molar-refractivity contribution in [2.45, 2.75) is 18.9 Å². The Bertz CT molecular complexity index is 401. The summed E-state index contributed by atoms with van der Waals surface area (Å²) < 4.78 is 0. The first-order valence-electron chi connectivity index (χ1n) is 5.29. The molecule has 1 amide bonds. The molecule has 0 radical (unpaired) electrons. The Balaban J connectivity index is 1.74. The van der Waals surface area contributed by atoms with Gasteiger partial charge in [-0.05, 0) is 36.5 Å². The van der Waals surface area contributed by atoms with Crippen molar-refractivity contribution >= 4 is 17.5 Å². The molecule has 3 heteroatoms. The maximum atomic E-state index is 11.5. The molecule has 0 aromatic heterocycles. The highest BCUT2D eigenvalue weighted by atomic mass is 35.5. The lowest BCUT2D eigenvalue weighted by Crippen LogP contribution is -2.25. The number of amides is 1. The van der Waals surface area contributed by atoms with Crippen molar-refractivity contribution in [2.75, 3.05) is 0 Å². The van der Waals surface area contributed by atoms with Gasteiger partial charge in [-0.25, -0.2) is 0 Å². The molecule has 0 bridgehead atoms. The van der Waals surface area contributed by atoms with E-state index in [2.05, 4.69) is 5.32 Å². The van der Waals surface area contributed by atoms with Crippen LogP contribution in [0.5, 0.6) is 0 Å². The van der Waals surface area contributed by atoms with Gasteiger partial charge in [0.15, 0.2) is 0 Å². The third-order valence-electron chi connectivity index (χ3n) is 3.39. The van der Waals surface area contributed by atoms with Crippen molar-refractivity contribution in [3.63, 3.8) is 0 Å². The number of hydrogen-bond acceptors (Lipinski definition) is 1. The average molecular weight is 222 g/mol. The molecule has 0 spiro atoms. The van der Waals surface area contributed by atoms with Crippen LogP contribution in [0.25, 0.3) is 0 Å². The fraction of sp³-hybridized carbons (Fsp3) is 0.417. The normalized spacial score (nSPS) is 32.3. The second-order valence-corrected chi connectivity index (χ2v) is 4.89. The Labute approximate surface area is 93.6 Å². The number of fused-ring (bicyclic) bond motifs is 1. The zero-order chi connectivity index (χ0) is 10.4. The van der Waals surface area contributed by atoms with Crippen molar-refractivity contribution < 1.29 is 4.79 Å². The van der Waals surface area contributed by atoms with Crippen LogP contribution in [-0.2, 0) is 11.2 Å². The van der Waals surface area contributed by atoms with Gasteiger partial charge in [0.05, 0.1) is 0 Å². The third kappa shape index (κ3) is 1.63. The van der Waals surface area contributed by atoms with Gasteiger partial charge in [-0.1, -0.05) is 23.7 Å². The number of benzene rings is 1. The number of carbonyl (C=O) groups excluding carboxylic acids is 1. The highest BCUT2D eigenvalue weighted by Gasteiger charge is 2.52. The fourth-order valence-electron chi connectivity index (χ4n) is 2.43. The fourth-order valence-corrected chi connectivity index (χ4v) is 2.55. The van der Waals surface area contributed by atoms with Crippen molar-refractivity contribution in [1.82, 2.24) is 5.32 Å². The van der Waals surface area contributed by atoms with E-state index < -0.39 is 0 Å². The molecule has 3 rings (SSSR count). The van der Waals surface area contributed by atoms with E-state index in [-0.39, 0.29) is 11.8 Å². The molecule has 78 valence electrons. The predicted molar refractivity (Wildman–Crippen MR) is 58.7 cm³/mol. The van der Waals surface area contributed by atoms with Gasteiger partial charge >= 0.3 is 0 Å². The standard InChI is InChI=1S/C12H12ClNO/c13-8-3-1-7(2-4-8)5-10-9-6-11(9)14-12(10)15/h1-4,9-11H,5-6H2,(H,14,15). The number of nitrogens with one attached hydrogen (secondary N) is 1. The molecule has 1 heterocycles. The maximum Gasteiger partial charge on any atom is 0.224 e. The average Bonchev–Trinajstić information content (AvgIpc) is 2.90. The first kappa shape index (κ1) is 9.22. The van der Waals surface area contributed by atoms with Crippen molar-refractivity contribution in [3.8, 4) is 0 Å². The first-order chi connectivity index (χ1) is 7.24. The van der Waals surface area contributed by atoms with E-state index >= 15 is 0 Å². The molecular formula is C12H12ClNO. The van der Waals surface area contributed by atoms with Crippen molar-refractivity contribution in [1.29, 1.82) is 0 Å². The summed E-state index contributed by atoms with van der Waals surface area (Å²) in [7, 11) is 0. The molecule has 1 saturated carbocycles. The minimum absolute atomic E-state index is 0.191. The van der Waals surface area contributed by atoms with Crippen LogP contribution in [-0.4, -0.2) is 11.9 Å². The van der Waals surface area contributed by atoms with Gasteiger partial charge in [-0.3, -0.25) is 4.79 Å². The summed E-state index contributed by atoms with van der Waals surface area (Å²) in [5, 5.41) is 3.76. The highest BCUT2D eigenvalue weighted by Crippen LogP contribution is 2.44. The number of rotatable bonds is 2. The highest BCUT2D eigenvalue weighted by molar-refractivity contribution is 6.30. The Morgan fingerprint density at radius 2 is 2.07 bits per heavy atom. The van der Waals surface area contributed by atoms with Crippen LogP contribution in [0.4, 0.5) is 0 Å². The Morgan fingerprint density at radius 3 is 2.67 bits per heavy atom. The molecule has 1 saturated heterocycles. The lowest BCUT2D eigenvalue weighted by atomic mass is 9.96. The van der Waals surface area contributed by atoms with Gasteiger partial charge in [0.1, 0.15) is 0 Å². The summed E-state index contributed by atoms with van der Waals surface area (Å²) in [4.78, 5) is 11.5. The van der Waals surface area contributed by atoms with E-state index in [9.17, 15) is 4.79 Å².